The third-order valence-corrected chi connectivity index (χ3v) is 4.79. The maximum Gasteiger partial charge on any atom is 0.260 e. The first-order valence-corrected chi connectivity index (χ1v) is 9.22. The summed E-state index contributed by atoms with van der Waals surface area (Å²) in [5, 5.41) is 4.11. The average Bonchev–Trinajstić information content (AvgIpc) is 2.97. The van der Waals surface area contributed by atoms with E-state index in [0.29, 0.717) is 17.2 Å². The number of carbonyl (C=O) groups excluding carboxylic acids is 1. The molecule has 1 aliphatic rings. The van der Waals surface area contributed by atoms with Gasteiger partial charge in [-0.05, 0) is 61.5 Å². The Bertz CT molecular complexity index is 955. The topological polar surface area (TPSA) is 41.6 Å². The molecule has 0 spiro atoms. The summed E-state index contributed by atoms with van der Waals surface area (Å²) < 4.78 is 5.50. The van der Waals surface area contributed by atoms with E-state index in [0.717, 1.165) is 22.7 Å². The Labute approximate surface area is 163 Å². The summed E-state index contributed by atoms with van der Waals surface area (Å²) >= 11 is 6.02. The van der Waals surface area contributed by atoms with Crippen molar-refractivity contribution in [3.8, 4) is 5.75 Å². The number of hydrogen-bond acceptors (Lipinski definition) is 3. The molecule has 3 aromatic rings. The van der Waals surface area contributed by atoms with Gasteiger partial charge in [0.05, 0.1) is 6.61 Å². The lowest BCUT2D eigenvalue weighted by Gasteiger charge is -2.27. The molecular formula is C22H19ClN2O2. The predicted octanol–water partition coefficient (Wildman–Crippen LogP) is 5.51. The molecule has 1 heterocycles. The Kier molecular flexibility index (Phi) is 4.73. The summed E-state index contributed by atoms with van der Waals surface area (Å²) in [5.74, 6) is 0.789. The van der Waals surface area contributed by atoms with E-state index in [2.05, 4.69) is 5.32 Å². The first-order valence-electron chi connectivity index (χ1n) is 8.85. The van der Waals surface area contributed by atoms with Gasteiger partial charge in [-0.1, -0.05) is 29.8 Å². The van der Waals surface area contributed by atoms with Crippen molar-refractivity contribution < 1.29 is 9.53 Å². The summed E-state index contributed by atoms with van der Waals surface area (Å²) in [4.78, 5) is 14.8. The second kappa shape index (κ2) is 7.33. The second-order valence-corrected chi connectivity index (χ2v) is 6.68. The number of ether oxygens (including phenoxy) is 1. The number of halogens is 1. The molecule has 4 nitrogen and oxygen atoms in total. The summed E-state index contributed by atoms with van der Waals surface area (Å²) in [7, 11) is 0. The first kappa shape index (κ1) is 17.4. The van der Waals surface area contributed by atoms with Gasteiger partial charge >= 0.3 is 0 Å². The van der Waals surface area contributed by atoms with E-state index in [1.807, 2.05) is 67.6 Å². The number of carbonyl (C=O) groups is 1. The fourth-order valence-electron chi connectivity index (χ4n) is 3.30. The van der Waals surface area contributed by atoms with Crippen LogP contribution in [0.3, 0.4) is 0 Å². The number of nitrogens with zero attached hydrogens (tertiary/aromatic N) is 1. The molecule has 1 aliphatic heterocycles. The minimum absolute atomic E-state index is 0.0311. The van der Waals surface area contributed by atoms with Crippen LogP contribution in [0.4, 0.5) is 11.4 Å². The third kappa shape index (κ3) is 3.36. The van der Waals surface area contributed by atoms with Gasteiger partial charge in [0.25, 0.3) is 5.91 Å². The second-order valence-electron chi connectivity index (χ2n) is 6.24. The van der Waals surface area contributed by atoms with Gasteiger partial charge in [-0.15, -0.1) is 0 Å². The molecule has 0 radical (unpaired) electrons. The van der Waals surface area contributed by atoms with Gasteiger partial charge in [0, 0.05) is 27.5 Å². The van der Waals surface area contributed by atoms with Crippen LogP contribution in [0.25, 0.3) is 0 Å². The van der Waals surface area contributed by atoms with Crippen LogP contribution in [-0.4, -0.2) is 12.5 Å². The molecule has 0 aromatic heterocycles. The van der Waals surface area contributed by atoms with Gasteiger partial charge in [0.2, 0.25) is 0 Å². The molecule has 27 heavy (non-hydrogen) atoms. The highest BCUT2D eigenvalue weighted by molar-refractivity contribution is 6.30. The van der Waals surface area contributed by atoms with Crippen molar-refractivity contribution in [3.05, 3.63) is 88.9 Å². The Morgan fingerprint density at radius 3 is 2.41 bits per heavy atom. The zero-order valence-corrected chi connectivity index (χ0v) is 15.6. The molecule has 1 atom stereocenters. The predicted molar refractivity (Wildman–Crippen MR) is 109 cm³/mol. The largest absolute Gasteiger partial charge is 0.494 e. The Morgan fingerprint density at radius 2 is 1.70 bits per heavy atom. The van der Waals surface area contributed by atoms with Crippen molar-refractivity contribution >= 4 is 28.9 Å². The van der Waals surface area contributed by atoms with Gasteiger partial charge < -0.3 is 10.1 Å². The number of hydrogen-bond donors (Lipinski definition) is 1. The van der Waals surface area contributed by atoms with Gasteiger partial charge in [0.1, 0.15) is 11.9 Å². The highest BCUT2D eigenvalue weighted by Gasteiger charge is 2.37. The lowest BCUT2D eigenvalue weighted by atomic mass is 10.1. The van der Waals surface area contributed by atoms with Gasteiger partial charge in [-0.25, -0.2) is 0 Å². The van der Waals surface area contributed by atoms with Crippen molar-refractivity contribution in [2.75, 3.05) is 16.8 Å². The maximum atomic E-state index is 13.1. The quantitative estimate of drug-likeness (QED) is 0.636. The zero-order valence-electron chi connectivity index (χ0n) is 14.9. The van der Waals surface area contributed by atoms with E-state index < -0.39 is 0 Å². The van der Waals surface area contributed by atoms with Crippen molar-refractivity contribution in [2.45, 2.75) is 13.1 Å². The lowest BCUT2D eigenvalue weighted by Crippen LogP contribution is -2.32. The Hall–Kier alpha value is -2.98. The fourth-order valence-corrected chi connectivity index (χ4v) is 3.42. The summed E-state index contributed by atoms with van der Waals surface area (Å²) in [5.41, 5.74) is 3.36. The number of anilines is 2. The molecule has 1 amide bonds. The number of benzene rings is 3. The van der Waals surface area contributed by atoms with E-state index in [4.69, 9.17) is 16.3 Å². The van der Waals surface area contributed by atoms with E-state index >= 15 is 0 Å². The van der Waals surface area contributed by atoms with Gasteiger partial charge in [0.15, 0.2) is 0 Å². The van der Waals surface area contributed by atoms with Crippen LogP contribution in [0.2, 0.25) is 5.02 Å². The molecule has 0 unspecified atom stereocenters. The van der Waals surface area contributed by atoms with E-state index in [1.54, 1.807) is 17.0 Å². The first-order chi connectivity index (χ1) is 13.2. The fraction of sp³-hybridized carbons (Fsp3) is 0.136. The molecule has 3 aromatic carbocycles. The Balaban J connectivity index is 1.70. The lowest BCUT2D eigenvalue weighted by molar-refractivity contribution is 0.0993. The van der Waals surface area contributed by atoms with E-state index in [9.17, 15) is 4.79 Å². The molecule has 0 aliphatic carbocycles. The van der Waals surface area contributed by atoms with Crippen LogP contribution in [0, 0.1) is 0 Å². The molecule has 4 rings (SSSR count). The average molecular weight is 379 g/mol. The molecule has 0 bridgehead atoms. The molecule has 0 saturated heterocycles. The van der Waals surface area contributed by atoms with Crippen molar-refractivity contribution in [1.29, 1.82) is 0 Å². The van der Waals surface area contributed by atoms with Crippen molar-refractivity contribution in [1.82, 2.24) is 0 Å². The number of nitrogens with one attached hydrogen (secondary N) is 1. The summed E-state index contributed by atoms with van der Waals surface area (Å²) in [6, 6.07) is 22.7. The minimum atomic E-state index is -0.298. The van der Waals surface area contributed by atoms with E-state index in [1.165, 1.54) is 0 Å². The van der Waals surface area contributed by atoms with E-state index in [-0.39, 0.29) is 12.1 Å². The molecule has 0 saturated carbocycles. The highest BCUT2D eigenvalue weighted by atomic mass is 35.5. The van der Waals surface area contributed by atoms with Crippen LogP contribution in [0.5, 0.6) is 5.75 Å². The van der Waals surface area contributed by atoms with Crippen LogP contribution >= 0.6 is 11.6 Å². The molecule has 1 N–H and O–H groups in total. The highest BCUT2D eigenvalue weighted by Crippen LogP contribution is 2.38. The third-order valence-electron chi connectivity index (χ3n) is 4.54. The smallest absolute Gasteiger partial charge is 0.260 e. The van der Waals surface area contributed by atoms with Crippen LogP contribution in [0.15, 0.2) is 72.8 Å². The SMILES string of the molecule is CCOc1ccc(N[C@H]2c3ccccc3C(=O)N2c2ccc(Cl)cc2)cc1. The van der Waals surface area contributed by atoms with Crippen LogP contribution < -0.4 is 15.0 Å². The number of rotatable bonds is 5. The van der Waals surface area contributed by atoms with Crippen molar-refractivity contribution in [2.24, 2.45) is 0 Å². The molecule has 5 heteroatoms. The molecular weight excluding hydrogens is 360 g/mol. The van der Waals surface area contributed by atoms with Crippen molar-refractivity contribution in [3.63, 3.8) is 0 Å². The normalized spacial score (nSPS) is 15.6. The zero-order chi connectivity index (χ0) is 18.8. The maximum absolute atomic E-state index is 13.1. The number of fused-ring (bicyclic) bond motifs is 1. The minimum Gasteiger partial charge on any atom is -0.494 e. The number of amides is 1. The van der Waals surface area contributed by atoms with Crippen LogP contribution in [0.1, 0.15) is 29.0 Å². The summed E-state index contributed by atoms with van der Waals surface area (Å²) in [6.45, 7) is 2.58. The van der Waals surface area contributed by atoms with Gasteiger partial charge in [-0.3, -0.25) is 9.69 Å². The monoisotopic (exact) mass is 378 g/mol. The molecule has 136 valence electrons. The van der Waals surface area contributed by atoms with Gasteiger partial charge in [-0.2, -0.15) is 0 Å². The summed E-state index contributed by atoms with van der Waals surface area (Å²) in [6.07, 6.45) is -0.298. The van der Waals surface area contributed by atoms with Crippen LogP contribution in [-0.2, 0) is 0 Å². The standard InChI is InChI=1S/C22H19ClN2O2/c1-2-27-18-13-9-16(10-14-18)24-21-19-5-3-4-6-20(19)22(26)25(21)17-11-7-15(23)8-12-17/h3-14,21,24H,2H2,1H3/t21-/m1/s1. The molecule has 0 fully saturated rings. The Morgan fingerprint density at radius 1 is 1.00 bits per heavy atom.